The molecule has 1 heterocycles. The lowest BCUT2D eigenvalue weighted by Crippen LogP contribution is -2.41. The number of para-hydroxylation sites is 1. The fourth-order valence-electron chi connectivity index (χ4n) is 1.15. The summed E-state index contributed by atoms with van der Waals surface area (Å²) in [5, 5.41) is 2.00. The van der Waals surface area contributed by atoms with Gasteiger partial charge in [-0.15, -0.1) is 0 Å². The predicted molar refractivity (Wildman–Crippen MR) is 46.2 cm³/mol. The number of rotatable bonds is 2. The van der Waals surface area contributed by atoms with Crippen LogP contribution in [0.4, 0.5) is 10.1 Å². The van der Waals surface area contributed by atoms with Crippen molar-refractivity contribution in [2.45, 2.75) is 6.42 Å². The third-order valence-electron chi connectivity index (χ3n) is 2.01. The second-order valence-corrected chi connectivity index (χ2v) is 2.93. The molecular weight excluding hydrogens is 155 g/mol. The number of hydrogen-bond acceptors (Lipinski definition) is 2. The van der Waals surface area contributed by atoms with Gasteiger partial charge in [0.1, 0.15) is 5.82 Å². The molecule has 1 N–H and O–H groups in total. The van der Waals surface area contributed by atoms with Crippen molar-refractivity contribution in [1.82, 2.24) is 5.01 Å². The lowest BCUT2D eigenvalue weighted by molar-refractivity contribution is 0.224. The minimum atomic E-state index is -0.190. The first-order valence-corrected chi connectivity index (χ1v) is 4.12. The van der Waals surface area contributed by atoms with Gasteiger partial charge in [-0.25, -0.2) is 9.40 Å². The van der Waals surface area contributed by atoms with Gasteiger partial charge in [0.15, 0.2) is 0 Å². The Hall–Kier alpha value is -1.09. The Morgan fingerprint density at radius 3 is 2.58 bits per heavy atom. The molecule has 1 aromatic rings. The van der Waals surface area contributed by atoms with E-state index in [1.54, 1.807) is 12.1 Å². The number of halogens is 1. The third kappa shape index (κ3) is 1.41. The monoisotopic (exact) mass is 166 g/mol. The Morgan fingerprint density at radius 2 is 2.00 bits per heavy atom. The molecule has 0 radical (unpaired) electrons. The predicted octanol–water partition coefficient (Wildman–Crippen LogP) is 1.86. The van der Waals surface area contributed by atoms with Gasteiger partial charge in [0, 0.05) is 13.1 Å². The first-order valence-electron chi connectivity index (χ1n) is 4.12. The van der Waals surface area contributed by atoms with Gasteiger partial charge in [-0.2, -0.15) is 0 Å². The van der Waals surface area contributed by atoms with E-state index in [9.17, 15) is 4.39 Å². The highest BCUT2D eigenvalue weighted by Crippen LogP contribution is 2.15. The normalized spacial score (nSPS) is 17.1. The molecule has 0 aromatic heterocycles. The quantitative estimate of drug-likeness (QED) is 0.721. The van der Waals surface area contributed by atoms with E-state index in [0.717, 1.165) is 13.1 Å². The van der Waals surface area contributed by atoms with Crippen LogP contribution in [0.1, 0.15) is 6.42 Å². The van der Waals surface area contributed by atoms with Crippen LogP contribution in [0.3, 0.4) is 0 Å². The van der Waals surface area contributed by atoms with Gasteiger partial charge in [0.05, 0.1) is 5.69 Å². The summed E-state index contributed by atoms with van der Waals surface area (Å²) >= 11 is 0. The summed E-state index contributed by atoms with van der Waals surface area (Å²) in [5.41, 5.74) is 3.57. The number of nitrogens with zero attached hydrogens (tertiary/aromatic N) is 1. The Balaban J connectivity index is 2.06. The fraction of sp³-hybridized carbons (Fsp3) is 0.333. The molecule has 2 nitrogen and oxygen atoms in total. The molecule has 64 valence electrons. The van der Waals surface area contributed by atoms with Gasteiger partial charge in [0.25, 0.3) is 0 Å². The molecule has 0 spiro atoms. The van der Waals surface area contributed by atoms with E-state index in [1.807, 2.05) is 11.1 Å². The van der Waals surface area contributed by atoms with Crippen molar-refractivity contribution >= 4 is 5.69 Å². The average Bonchev–Trinajstić information content (AvgIpc) is 2.00. The van der Waals surface area contributed by atoms with E-state index in [-0.39, 0.29) is 5.82 Å². The van der Waals surface area contributed by atoms with Gasteiger partial charge in [-0.05, 0) is 18.6 Å². The smallest absolute Gasteiger partial charge is 0.147 e. The summed E-state index contributed by atoms with van der Waals surface area (Å²) in [6.45, 7) is 2.02. The molecule has 1 aromatic carbocycles. The molecule has 1 saturated heterocycles. The minimum absolute atomic E-state index is 0.190. The van der Waals surface area contributed by atoms with Crippen molar-refractivity contribution in [2.75, 3.05) is 18.5 Å². The van der Waals surface area contributed by atoms with Crippen LogP contribution >= 0.6 is 0 Å². The van der Waals surface area contributed by atoms with Crippen LogP contribution in [0.2, 0.25) is 0 Å². The molecule has 0 unspecified atom stereocenters. The van der Waals surface area contributed by atoms with Crippen LogP contribution in [0, 0.1) is 5.82 Å². The van der Waals surface area contributed by atoms with Gasteiger partial charge in [-0.1, -0.05) is 12.1 Å². The summed E-state index contributed by atoms with van der Waals surface area (Å²) < 4.78 is 13.0. The van der Waals surface area contributed by atoms with Crippen LogP contribution in [-0.4, -0.2) is 18.1 Å². The Labute approximate surface area is 71.0 Å². The second-order valence-electron chi connectivity index (χ2n) is 2.93. The van der Waals surface area contributed by atoms with E-state index in [1.165, 1.54) is 12.5 Å². The topological polar surface area (TPSA) is 15.3 Å². The number of anilines is 1. The largest absolute Gasteiger partial charge is 0.316 e. The molecule has 2 rings (SSSR count). The molecule has 0 aliphatic carbocycles. The van der Waals surface area contributed by atoms with E-state index >= 15 is 0 Å². The van der Waals surface area contributed by atoms with Gasteiger partial charge < -0.3 is 5.43 Å². The molecule has 0 amide bonds. The highest BCUT2D eigenvalue weighted by atomic mass is 19.1. The van der Waals surface area contributed by atoms with E-state index in [2.05, 4.69) is 5.43 Å². The first-order chi connectivity index (χ1) is 5.86. The van der Waals surface area contributed by atoms with Crippen molar-refractivity contribution in [3.05, 3.63) is 30.1 Å². The SMILES string of the molecule is Fc1ccccc1NN1CCC1. The van der Waals surface area contributed by atoms with E-state index in [4.69, 9.17) is 0 Å². The van der Waals surface area contributed by atoms with Crippen molar-refractivity contribution in [3.8, 4) is 0 Å². The van der Waals surface area contributed by atoms with Crippen LogP contribution in [0.5, 0.6) is 0 Å². The number of hydrazine groups is 1. The van der Waals surface area contributed by atoms with Gasteiger partial charge >= 0.3 is 0 Å². The van der Waals surface area contributed by atoms with Gasteiger partial charge in [-0.3, -0.25) is 0 Å². The molecule has 0 atom stereocenters. The van der Waals surface area contributed by atoms with Crippen LogP contribution < -0.4 is 5.43 Å². The fourth-order valence-corrected chi connectivity index (χ4v) is 1.15. The Bertz CT molecular complexity index is 271. The number of benzene rings is 1. The zero-order valence-electron chi connectivity index (χ0n) is 6.76. The van der Waals surface area contributed by atoms with Crippen molar-refractivity contribution in [2.24, 2.45) is 0 Å². The summed E-state index contributed by atoms with van der Waals surface area (Å²) in [7, 11) is 0. The highest BCUT2D eigenvalue weighted by Gasteiger charge is 2.14. The average molecular weight is 166 g/mol. The van der Waals surface area contributed by atoms with E-state index in [0.29, 0.717) is 5.69 Å². The highest BCUT2D eigenvalue weighted by molar-refractivity contribution is 5.43. The van der Waals surface area contributed by atoms with Crippen molar-refractivity contribution in [3.63, 3.8) is 0 Å². The van der Waals surface area contributed by atoms with Crippen molar-refractivity contribution in [1.29, 1.82) is 0 Å². The maximum atomic E-state index is 13.0. The van der Waals surface area contributed by atoms with Crippen LogP contribution in [0.25, 0.3) is 0 Å². The number of nitrogens with one attached hydrogen (secondary N) is 1. The zero-order chi connectivity index (χ0) is 8.39. The maximum Gasteiger partial charge on any atom is 0.147 e. The zero-order valence-corrected chi connectivity index (χ0v) is 6.76. The molecular formula is C9H11FN2. The summed E-state index contributed by atoms with van der Waals surface area (Å²) in [5.74, 6) is -0.190. The number of hydrogen-bond donors (Lipinski definition) is 1. The summed E-state index contributed by atoms with van der Waals surface area (Å²) in [6, 6.07) is 6.72. The molecule has 0 bridgehead atoms. The molecule has 1 aliphatic heterocycles. The molecule has 0 saturated carbocycles. The standard InChI is InChI=1S/C9H11FN2/c10-8-4-1-2-5-9(8)11-12-6-3-7-12/h1-2,4-5,11H,3,6-7H2. The Kier molecular flexibility index (Phi) is 1.96. The lowest BCUT2D eigenvalue weighted by Gasteiger charge is -2.31. The first kappa shape index (κ1) is 7.55. The van der Waals surface area contributed by atoms with E-state index < -0.39 is 0 Å². The maximum absolute atomic E-state index is 13.0. The van der Waals surface area contributed by atoms with Crippen molar-refractivity contribution < 1.29 is 4.39 Å². The molecule has 3 heteroatoms. The molecule has 12 heavy (non-hydrogen) atoms. The lowest BCUT2D eigenvalue weighted by atomic mass is 10.2. The third-order valence-corrected chi connectivity index (χ3v) is 2.01. The van der Waals surface area contributed by atoms with Crippen LogP contribution in [0.15, 0.2) is 24.3 Å². The molecule has 1 aliphatic rings. The van der Waals surface area contributed by atoms with Gasteiger partial charge in [0.2, 0.25) is 0 Å². The summed E-state index contributed by atoms with van der Waals surface area (Å²) in [4.78, 5) is 0. The second kappa shape index (κ2) is 3.11. The summed E-state index contributed by atoms with van der Waals surface area (Å²) in [6.07, 6.45) is 1.20. The van der Waals surface area contributed by atoms with Crippen LogP contribution in [-0.2, 0) is 0 Å². The minimum Gasteiger partial charge on any atom is -0.316 e. The molecule has 1 fully saturated rings. The Morgan fingerprint density at radius 1 is 1.25 bits per heavy atom.